The Kier molecular flexibility index (Phi) is 5.99. The summed E-state index contributed by atoms with van der Waals surface area (Å²) in [6.07, 6.45) is 7.99. The quantitative estimate of drug-likeness (QED) is 0.558. The Morgan fingerprint density at radius 2 is 1.22 bits per heavy atom. The van der Waals surface area contributed by atoms with Gasteiger partial charge in [0, 0.05) is 0 Å². The van der Waals surface area contributed by atoms with Crippen molar-refractivity contribution >= 4 is 49.3 Å². The number of hydrogen-bond acceptors (Lipinski definition) is 0. The van der Waals surface area contributed by atoms with E-state index in [1.807, 2.05) is 0 Å². The average Bonchev–Trinajstić information content (AvgIpc) is 3.05. The zero-order valence-electron chi connectivity index (χ0n) is 13.7. The van der Waals surface area contributed by atoms with E-state index in [-0.39, 0.29) is 34.0 Å². The van der Waals surface area contributed by atoms with Gasteiger partial charge in [0.1, 0.15) is 0 Å². The molecule has 4 heteroatoms. The Balaban J connectivity index is 0.00000132. The molecule has 0 fully saturated rings. The molecule has 0 N–H and O–H groups in total. The van der Waals surface area contributed by atoms with Gasteiger partial charge in [0.15, 0.2) is 0 Å². The van der Waals surface area contributed by atoms with Crippen LogP contribution < -0.4 is 7.74 Å². The van der Waals surface area contributed by atoms with E-state index in [0.29, 0.717) is 0 Å². The van der Waals surface area contributed by atoms with E-state index < -0.39 is 12.8 Å². The molecule has 0 radical (unpaired) electrons. The number of halogens is 2. The summed E-state index contributed by atoms with van der Waals surface area (Å²) >= 11 is -3.70. The maximum absolute atomic E-state index is 3.70. The number of hydrogen-bond donors (Lipinski definition) is 0. The summed E-state index contributed by atoms with van der Waals surface area (Å²) in [7, 11) is 2.28. The van der Waals surface area contributed by atoms with Gasteiger partial charge in [-0.25, -0.2) is 0 Å². The molecule has 0 amide bonds. The SMILES string of the molecule is Br.Br.[CH3][Ti]([CH3])(=[SiH2])([C]1=CC=CC1)([c]1ccccc1)[c]1ccccc1. The molecular formula is C19H25Br2SiTi. The first-order valence-corrected chi connectivity index (χ1v) is 17.1. The molecule has 1 aliphatic carbocycles. The summed E-state index contributed by atoms with van der Waals surface area (Å²) in [6.45, 7) is 0. The van der Waals surface area contributed by atoms with Crippen LogP contribution in [0.3, 0.4) is 0 Å². The fraction of sp³-hybridized carbons (Fsp3) is 0.158. The van der Waals surface area contributed by atoms with Crippen LogP contribution in [0, 0.1) is 0 Å². The molecule has 0 aliphatic heterocycles. The van der Waals surface area contributed by atoms with Crippen molar-refractivity contribution in [1.82, 2.24) is 0 Å². The topological polar surface area (TPSA) is 0 Å². The monoisotopic (exact) mass is 487 g/mol. The molecule has 3 rings (SSSR count). The molecule has 1 aliphatic rings. The van der Waals surface area contributed by atoms with Gasteiger partial charge in [0.25, 0.3) is 0 Å². The normalized spacial score (nSPS) is 16.3. The molecule has 23 heavy (non-hydrogen) atoms. The molecule has 2 aromatic rings. The van der Waals surface area contributed by atoms with Crippen molar-refractivity contribution in [1.29, 1.82) is 0 Å². The fourth-order valence-electron chi connectivity index (χ4n) is 3.78. The summed E-state index contributed by atoms with van der Waals surface area (Å²) in [5.41, 5.74) is 0. The van der Waals surface area contributed by atoms with E-state index in [0.717, 1.165) is 6.42 Å². The van der Waals surface area contributed by atoms with Crippen LogP contribution >= 0.6 is 34.0 Å². The van der Waals surface area contributed by atoms with Crippen LogP contribution in [-0.4, -0.2) is 7.63 Å². The molecule has 0 atom stereocenters. The molecule has 0 bridgehead atoms. The predicted molar refractivity (Wildman–Crippen MR) is 115 cm³/mol. The molecule has 0 saturated carbocycles. The zero-order valence-corrected chi connectivity index (χ0v) is 20.1. The first-order valence-electron chi connectivity index (χ1n) is 7.64. The van der Waals surface area contributed by atoms with Gasteiger partial charge in [-0.1, -0.05) is 0 Å². The Morgan fingerprint density at radius 3 is 1.57 bits per heavy atom. The van der Waals surface area contributed by atoms with Crippen molar-refractivity contribution in [3.63, 3.8) is 0 Å². The van der Waals surface area contributed by atoms with E-state index in [4.69, 9.17) is 0 Å². The minimum atomic E-state index is -3.70. The number of allylic oxidation sites excluding steroid dienone is 4. The molecular weight excluding hydrogens is 464 g/mol. The van der Waals surface area contributed by atoms with Crippen LogP contribution in [-0.2, 0) is 12.8 Å². The average molecular weight is 489 g/mol. The van der Waals surface area contributed by atoms with Gasteiger partial charge >= 0.3 is 128 Å². The van der Waals surface area contributed by atoms with Gasteiger partial charge in [0.05, 0.1) is 0 Å². The van der Waals surface area contributed by atoms with Crippen molar-refractivity contribution in [2.75, 3.05) is 0 Å². The third-order valence-electron chi connectivity index (χ3n) is 5.65. The molecule has 0 spiro atoms. The van der Waals surface area contributed by atoms with Crippen LogP contribution in [0.4, 0.5) is 0 Å². The molecule has 0 heterocycles. The molecule has 123 valence electrons. The van der Waals surface area contributed by atoms with Crippen molar-refractivity contribution in [2.45, 2.75) is 16.9 Å². The van der Waals surface area contributed by atoms with Crippen LogP contribution in [0.25, 0.3) is 0 Å². The third kappa shape index (κ3) is 3.07. The summed E-state index contributed by atoms with van der Waals surface area (Å²) in [6, 6.07) is 22.3. The van der Waals surface area contributed by atoms with Crippen LogP contribution in [0.1, 0.15) is 6.42 Å². The van der Waals surface area contributed by atoms with Crippen LogP contribution in [0.15, 0.2) is 82.8 Å². The second-order valence-electron chi connectivity index (χ2n) is 7.67. The molecule has 0 nitrogen and oxygen atoms in total. The third-order valence-corrected chi connectivity index (χ3v) is 22.9. The van der Waals surface area contributed by atoms with Gasteiger partial charge < -0.3 is 0 Å². The molecule has 0 saturated heterocycles. The molecule has 0 unspecified atom stereocenters. The fourth-order valence-corrected chi connectivity index (χ4v) is 15.4. The number of benzene rings is 2. The van der Waals surface area contributed by atoms with Gasteiger partial charge in [0.2, 0.25) is 0 Å². The van der Waals surface area contributed by atoms with Crippen molar-refractivity contribution in [2.24, 2.45) is 0 Å². The molecule has 2 aromatic carbocycles. The summed E-state index contributed by atoms with van der Waals surface area (Å²) < 4.78 is 4.68. The first-order chi connectivity index (χ1) is 9.88. The van der Waals surface area contributed by atoms with E-state index >= 15 is 0 Å². The number of rotatable bonds is 3. The van der Waals surface area contributed by atoms with Gasteiger partial charge in [-0.15, -0.1) is 34.0 Å². The van der Waals surface area contributed by atoms with Crippen molar-refractivity contribution in [3.8, 4) is 0 Å². The molecule has 0 aromatic heterocycles. The predicted octanol–water partition coefficient (Wildman–Crippen LogP) is 4.51. The van der Waals surface area contributed by atoms with Gasteiger partial charge in [-0.3, -0.25) is 0 Å². The van der Waals surface area contributed by atoms with Crippen molar-refractivity contribution in [3.05, 3.63) is 82.8 Å². The van der Waals surface area contributed by atoms with E-state index in [1.165, 1.54) is 7.74 Å². The van der Waals surface area contributed by atoms with E-state index in [9.17, 15) is 0 Å². The standard InChI is InChI=1S/2C6H5.C5H5.2CH3.2BrH.H2Si.Ti/c2*1-2-4-6-5-3-1;1-2-4-5-3-1;;;;;;/h2*1-5H;1-3H,4H2;2*1H3;2*1H;1H2;. The second kappa shape index (κ2) is 6.61. The van der Waals surface area contributed by atoms with Crippen LogP contribution in [0.2, 0.25) is 10.5 Å². The second-order valence-corrected chi connectivity index (χ2v) is 32.0. The maximum atomic E-state index is 2.57. The Hall–Kier alpha value is -0.189. The first kappa shape index (κ1) is 20.9. The minimum absolute atomic E-state index is 0. The summed E-state index contributed by atoms with van der Waals surface area (Å²) in [5.74, 6) is 0. The Morgan fingerprint density at radius 1 is 0.783 bits per heavy atom. The van der Waals surface area contributed by atoms with Crippen LogP contribution in [0.5, 0.6) is 0 Å². The van der Waals surface area contributed by atoms with E-state index in [2.05, 4.69) is 97.0 Å². The van der Waals surface area contributed by atoms with Gasteiger partial charge in [-0.05, 0) is 0 Å². The van der Waals surface area contributed by atoms with E-state index in [1.54, 1.807) is 3.88 Å². The Bertz CT molecular complexity index is 783. The summed E-state index contributed by atoms with van der Waals surface area (Å²) in [4.78, 5) is 0. The Labute approximate surface area is 160 Å². The summed E-state index contributed by atoms with van der Waals surface area (Å²) in [5, 5.41) is 5.14. The van der Waals surface area contributed by atoms with Crippen molar-refractivity contribution < 1.29 is 12.8 Å². The van der Waals surface area contributed by atoms with Gasteiger partial charge in [-0.2, -0.15) is 0 Å². The zero-order chi connectivity index (χ0) is 15.0.